The number of aryl methyl sites for hydroxylation is 4. The SMILES string of the molecule is Cc1ccccc1C(C)NC(=O)CCc1cn(C)nc1C. The molecule has 1 aromatic heterocycles. The first kappa shape index (κ1) is 15.3. The van der Waals surface area contributed by atoms with Crippen molar-refractivity contribution < 1.29 is 4.79 Å². The van der Waals surface area contributed by atoms with E-state index in [0.717, 1.165) is 17.7 Å². The number of nitrogens with one attached hydrogen (secondary N) is 1. The van der Waals surface area contributed by atoms with Crippen LogP contribution in [0.2, 0.25) is 0 Å². The number of carbonyl (C=O) groups excluding carboxylic acids is 1. The van der Waals surface area contributed by atoms with Gasteiger partial charge in [0.1, 0.15) is 0 Å². The van der Waals surface area contributed by atoms with Gasteiger partial charge < -0.3 is 5.32 Å². The summed E-state index contributed by atoms with van der Waals surface area (Å²) in [6.07, 6.45) is 3.20. The summed E-state index contributed by atoms with van der Waals surface area (Å²) in [5.41, 5.74) is 4.50. The van der Waals surface area contributed by atoms with E-state index in [1.807, 2.05) is 39.2 Å². The van der Waals surface area contributed by atoms with Crippen LogP contribution in [0.15, 0.2) is 30.5 Å². The van der Waals surface area contributed by atoms with Crippen molar-refractivity contribution in [1.29, 1.82) is 0 Å². The number of amides is 1. The van der Waals surface area contributed by atoms with Crippen LogP contribution < -0.4 is 5.32 Å². The molecule has 0 spiro atoms. The zero-order valence-electron chi connectivity index (χ0n) is 13.2. The molecule has 0 radical (unpaired) electrons. The Morgan fingerprint density at radius 2 is 2.05 bits per heavy atom. The van der Waals surface area contributed by atoms with E-state index in [2.05, 4.69) is 29.5 Å². The first-order valence-corrected chi connectivity index (χ1v) is 7.31. The molecule has 0 aliphatic carbocycles. The Morgan fingerprint density at radius 3 is 2.67 bits per heavy atom. The van der Waals surface area contributed by atoms with Crippen LogP contribution in [0.1, 0.15) is 41.8 Å². The van der Waals surface area contributed by atoms with Gasteiger partial charge in [-0.1, -0.05) is 24.3 Å². The second kappa shape index (κ2) is 6.57. The van der Waals surface area contributed by atoms with Crippen LogP contribution in [0.4, 0.5) is 0 Å². The lowest BCUT2D eigenvalue weighted by Crippen LogP contribution is -2.27. The maximum absolute atomic E-state index is 12.1. The van der Waals surface area contributed by atoms with Crippen molar-refractivity contribution >= 4 is 5.91 Å². The van der Waals surface area contributed by atoms with Crippen LogP contribution in [0, 0.1) is 13.8 Å². The summed E-state index contributed by atoms with van der Waals surface area (Å²) < 4.78 is 1.79. The summed E-state index contributed by atoms with van der Waals surface area (Å²) in [5.74, 6) is 0.0778. The normalized spacial score (nSPS) is 12.2. The van der Waals surface area contributed by atoms with Gasteiger partial charge in [-0.15, -0.1) is 0 Å². The molecule has 112 valence electrons. The quantitative estimate of drug-likeness (QED) is 0.918. The molecule has 4 heteroatoms. The van der Waals surface area contributed by atoms with Gasteiger partial charge in [-0.2, -0.15) is 5.10 Å². The Hall–Kier alpha value is -2.10. The van der Waals surface area contributed by atoms with Crippen LogP contribution in [0.5, 0.6) is 0 Å². The molecule has 0 aliphatic rings. The highest BCUT2D eigenvalue weighted by Gasteiger charge is 2.12. The second-order valence-electron chi connectivity index (χ2n) is 5.56. The summed E-state index contributed by atoms with van der Waals surface area (Å²) in [7, 11) is 1.90. The third-order valence-electron chi connectivity index (χ3n) is 3.77. The molecule has 1 heterocycles. The molecule has 4 nitrogen and oxygen atoms in total. The lowest BCUT2D eigenvalue weighted by atomic mass is 10.0. The third kappa shape index (κ3) is 3.94. The Balaban J connectivity index is 1.90. The van der Waals surface area contributed by atoms with Crippen molar-refractivity contribution in [2.24, 2.45) is 7.05 Å². The Morgan fingerprint density at radius 1 is 1.33 bits per heavy atom. The number of nitrogens with zero attached hydrogens (tertiary/aromatic N) is 2. The highest BCUT2D eigenvalue weighted by molar-refractivity contribution is 5.76. The molecule has 1 aromatic carbocycles. The number of aromatic nitrogens is 2. The molecule has 1 unspecified atom stereocenters. The maximum atomic E-state index is 12.1. The van der Waals surface area contributed by atoms with E-state index in [-0.39, 0.29) is 11.9 Å². The van der Waals surface area contributed by atoms with Crippen molar-refractivity contribution in [3.05, 3.63) is 52.8 Å². The fourth-order valence-corrected chi connectivity index (χ4v) is 2.61. The molecule has 2 aromatic rings. The fourth-order valence-electron chi connectivity index (χ4n) is 2.61. The smallest absolute Gasteiger partial charge is 0.220 e. The van der Waals surface area contributed by atoms with E-state index < -0.39 is 0 Å². The van der Waals surface area contributed by atoms with Gasteiger partial charge in [-0.05, 0) is 43.9 Å². The van der Waals surface area contributed by atoms with Crippen LogP contribution in [0.25, 0.3) is 0 Å². The van der Waals surface area contributed by atoms with E-state index in [4.69, 9.17) is 0 Å². The molecule has 1 amide bonds. The van der Waals surface area contributed by atoms with E-state index in [0.29, 0.717) is 6.42 Å². The zero-order chi connectivity index (χ0) is 15.4. The standard InChI is InChI=1S/C17H23N3O/c1-12-7-5-6-8-16(12)14(3)18-17(21)10-9-15-11-20(4)19-13(15)2/h5-8,11,14H,9-10H2,1-4H3,(H,18,21). The maximum Gasteiger partial charge on any atom is 0.220 e. The first-order valence-electron chi connectivity index (χ1n) is 7.31. The van der Waals surface area contributed by atoms with Crippen molar-refractivity contribution in [2.45, 2.75) is 39.7 Å². The highest BCUT2D eigenvalue weighted by Crippen LogP contribution is 2.17. The van der Waals surface area contributed by atoms with Gasteiger partial charge in [0.2, 0.25) is 5.91 Å². The third-order valence-corrected chi connectivity index (χ3v) is 3.77. The number of rotatable bonds is 5. The summed E-state index contributed by atoms with van der Waals surface area (Å²) in [6, 6.07) is 8.18. The summed E-state index contributed by atoms with van der Waals surface area (Å²) in [5, 5.41) is 7.36. The van der Waals surface area contributed by atoms with E-state index in [1.54, 1.807) is 4.68 Å². The number of hydrogen-bond acceptors (Lipinski definition) is 2. The monoisotopic (exact) mass is 285 g/mol. The molecule has 0 saturated heterocycles. The topological polar surface area (TPSA) is 46.9 Å². The van der Waals surface area contributed by atoms with E-state index >= 15 is 0 Å². The molecule has 1 atom stereocenters. The summed E-state index contributed by atoms with van der Waals surface area (Å²) in [6.45, 7) is 6.07. The van der Waals surface area contributed by atoms with Crippen molar-refractivity contribution in [3.63, 3.8) is 0 Å². The van der Waals surface area contributed by atoms with Gasteiger partial charge in [0.15, 0.2) is 0 Å². The summed E-state index contributed by atoms with van der Waals surface area (Å²) in [4.78, 5) is 12.1. The van der Waals surface area contributed by atoms with Gasteiger partial charge in [-0.3, -0.25) is 9.48 Å². The number of carbonyl (C=O) groups is 1. The Bertz CT molecular complexity index is 631. The Kier molecular flexibility index (Phi) is 4.78. The molecular formula is C17H23N3O. The van der Waals surface area contributed by atoms with Crippen LogP contribution in [-0.2, 0) is 18.3 Å². The first-order chi connectivity index (χ1) is 9.97. The minimum Gasteiger partial charge on any atom is -0.350 e. The minimum absolute atomic E-state index is 0.0358. The lowest BCUT2D eigenvalue weighted by molar-refractivity contribution is -0.121. The predicted octanol–water partition coefficient (Wildman–Crippen LogP) is 2.85. The largest absolute Gasteiger partial charge is 0.350 e. The molecule has 21 heavy (non-hydrogen) atoms. The molecule has 0 saturated carbocycles. The highest BCUT2D eigenvalue weighted by atomic mass is 16.1. The minimum atomic E-state index is 0.0358. The van der Waals surface area contributed by atoms with Gasteiger partial charge in [0.25, 0.3) is 0 Å². The predicted molar refractivity (Wildman–Crippen MR) is 84.0 cm³/mol. The van der Waals surface area contributed by atoms with Gasteiger partial charge >= 0.3 is 0 Å². The lowest BCUT2D eigenvalue weighted by Gasteiger charge is -2.16. The van der Waals surface area contributed by atoms with Crippen LogP contribution in [-0.4, -0.2) is 15.7 Å². The number of hydrogen-bond donors (Lipinski definition) is 1. The van der Waals surface area contributed by atoms with Crippen LogP contribution >= 0.6 is 0 Å². The fraction of sp³-hybridized carbons (Fsp3) is 0.412. The average molecular weight is 285 g/mol. The van der Waals surface area contributed by atoms with E-state index in [9.17, 15) is 4.79 Å². The van der Waals surface area contributed by atoms with Gasteiger partial charge in [-0.25, -0.2) is 0 Å². The zero-order valence-corrected chi connectivity index (χ0v) is 13.2. The molecule has 0 fully saturated rings. The molecule has 0 bridgehead atoms. The molecule has 2 rings (SSSR count). The van der Waals surface area contributed by atoms with Gasteiger partial charge in [0, 0.05) is 19.7 Å². The summed E-state index contributed by atoms with van der Waals surface area (Å²) >= 11 is 0. The van der Waals surface area contributed by atoms with Crippen molar-refractivity contribution in [2.75, 3.05) is 0 Å². The van der Waals surface area contributed by atoms with Crippen LogP contribution in [0.3, 0.4) is 0 Å². The molecule has 1 N–H and O–H groups in total. The van der Waals surface area contributed by atoms with Crippen molar-refractivity contribution in [1.82, 2.24) is 15.1 Å². The average Bonchev–Trinajstić information content (AvgIpc) is 2.75. The second-order valence-corrected chi connectivity index (χ2v) is 5.56. The Labute approximate surface area is 126 Å². The number of benzene rings is 1. The molecular weight excluding hydrogens is 262 g/mol. The van der Waals surface area contributed by atoms with Crippen molar-refractivity contribution in [3.8, 4) is 0 Å². The van der Waals surface area contributed by atoms with E-state index in [1.165, 1.54) is 11.1 Å². The van der Waals surface area contributed by atoms with Gasteiger partial charge in [0.05, 0.1) is 11.7 Å². The molecule has 0 aliphatic heterocycles.